The first kappa shape index (κ1) is 9.73. The van der Waals surface area contributed by atoms with Crippen LogP contribution >= 0.6 is 0 Å². The van der Waals surface area contributed by atoms with Crippen LogP contribution in [0, 0.1) is 0 Å². The number of hydrazine groups is 1. The SMILES string of the molecule is NC(=O)C1=CN2C(=CN3C=C4C=C4CN2C3)C=C1. The molecule has 4 aliphatic rings. The van der Waals surface area contributed by atoms with E-state index in [0.717, 1.165) is 18.9 Å². The van der Waals surface area contributed by atoms with Crippen molar-refractivity contribution in [1.82, 2.24) is 14.9 Å². The van der Waals surface area contributed by atoms with Crippen LogP contribution in [0.1, 0.15) is 0 Å². The van der Waals surface area contributed by atoms with Crippen LogP contribution < -0.4 is 5.73 Å². The summed E-state index contributed by atoms with van der Waals surface area (Å²) in [5.41, 5.74) is 9.58. The van der Waals surface area contributed by atoms with Gasteiger partial charge in [0.05, 0.1) is 17.9 Å². The lowest BCUT2D eigenvalue weighted by Gasteiger charge is -2.41. The molecule has 2 N–H and O–H groups in total. The number of nitrogens with two attached hydrogens (primary N) is 1. The molecule has 3 heterocycles. The number of primary amides is 1. The van der Waals surface area contributed by atoms with Gasteiger partial charge in [0.2, 0.25) is 5.91 Å². The molecule has 0 saturated carbocycles. The largest absolute Gasteiger partial charge is 0.366 e. The van der Waals surface area contributed by atoms with Crippen LogP contribution in [0.25, 0.3) is 0 Å². The van der Waals surface area contributed by atoms with Gasteiger partial charge in [-0.25, -0.2) is 0 Å². The van der Waals surface area contributed by atoms with Crippen LogP contribution in [0.4, 0.5) is 0 Å². The van der Waals surface area contributed by atoms with Crippen LogP contribution in [0.15, 0.2) is 59.2 Å². The van der Waals surface area contributed by atoms with E-state index in [1.165, 1.54) is 11.1 Å². The molecule has 1 unspecified atom stereocenters. The summed E-state index contributed by atoms with van der Waals surface area (Å²) >= 11 is 0. The number of hydrogen-bond donors (Lipinski definition) is 1. The van der Waals surface area contributed by atoms with Gasteiger partial charge in [0.25, 0.3) is 0 Å². The topological polar surface area (TPSA) is 52.8 Å². The van der Waals surface area contributed by atoms with E-state index < -0.39 is 5.91 Å². The Bertz CT molecular complexity index is 608. The van der Waals surface area contributed by atoms with E-state index in [1.54, 1.807) is 12.3 Å². The van der Waals surface area contributed by atoms with Gasteiger partial charge in [-0.2, -0.15) is 5.01 Å². The summed E-state index contributed by atoms with van der Waals surface area (Å²) in [6.07, 6.45) is 11.9. The Morgan fingerprint density at radius 3 is 2.94 bits per heavy atom. The minimum atomic E-state index is -0.396. The van der Waals surface area contributed by atoms with Crippen molar-refractivity contribution in [1.29, 1.82) is 0 Å². The van der Waals surface area contributed by atoms with Gasteiger partial charge < -0.3 is 10.6 Å². The molecular weight excluding hydrogens is 228 g/mol. The number of amides is 1. The van der Waals surface area contributed by atoms with Gasteiger partial charge in [-0.1, -0.05) is 0 Å². The standard InChI is InChI=1S/C13H12N4O/c14-13(18)9-1-2-12-7-15-4-10-3-11(10)5-16(8-15)17(12)6-9/h1-4,6-7H,5,8H2,(H2,14,18). The second kappa shape index (κ2) is 3.14. The highest BCUT2D eigenvalue weighted by molar-refractivity contribution is 5.95. The minimum absolute atomic E-state index is 0.396. The fraction of sp³-hybridized carbons (Fsp3) is 0.154. The average Bonchev–Trinajstić information content (AvgIpc) is 3.06. The number of fused-ring (bicyclic) bond motifs is 5. The fourth-order valence-electron chi connectivity index (χ4n) is 2.45. The molecule has 0 aromatic carbocycles. The van der Waals surface area contributed by atoms with Crippen molar-refractivity contribution in [2.24, 2.45) is 5.73 Å². The molecule has 0 aromatic heterocycles. The summed E-state index contributed by atoms with van der Waals surface area (Å²) in [6, 6.07) is 0. The Hall–Kier alpha value is -2.27. The predicted octanol–water partition coefficient (Wildman–Crippen LogP) is 0.396. The van der Waals surface area contributed by atoms with Gasteiger partial charge >= 0.3 is 0 Å². The molecule has 2 bridgehead atoms. The third-order valence-corrected chi connectivity index (χ3v) is 3.45. The number of hydrogen-bond acceptors (Lipinski definition) is 4. The number of nitrogens with zero attached hydrogens (tertiary/aromatic N) is 3. The number of carbonyl (C=O) groups is 1. The van der Waals surface area contributed by atoms with E-state index in [9.17, 15) is 4.79 Å². The van der Waals surface area contributed by atoms with Crippen molar-refractivity contribution < 1.29 is 4.79 Å². The van der Waals surface area contributed by atoms with Crippen molar-refractivity contribution >= 4 is 5.91 Å². The van der Waals surface area contributed by atoms with Gasteiger partial charge in [0.1, 0.15) is 0 Å². The molecule has 0 spiro atoms. The van der Waals surface area contributed by atoms with Crippen molar-refractivity contribution in [3.05, 3.63) is 59.2 Å². The van der Waals surface area contributed by atoms with Crippen molar-refractivity contribution in [3.8, 4) is 0 Å². The van der Waals surface area contributed by atoms with Crippen LogP contribution in [-0.4, -0.2) is 34.0 Å². The summed E-state index contributed by atoms with van der Waals surface area (Å²) in [5, 5.41) is 4.19. The van der Waals surface area contributed by atoms with Crippen LogP contribution in [0.2, 0.25) is 0 Å². The summed E-state index contributed by atoms with van der Waals surface area (Å²) in [6.45, 7) is 1.66. The van der Waals surface area contributed by atoms with E-state index in [2.05, 4.69) is 28.4 Å². The molecule has 4 rings (SSSR count). The first-order valence-electron chi connectivity index (χ1n) is 5.85. The molecule has 1 atom stereocenters. The molecule has 3 aliphatic heterocycles. The Kier molecular flexibility index (Phi) is 1.70. The highest BCUT2D eigenvalue weighted by Crippen LogP contribution is 2.35. The van der Waals surface area contributed by atoms with Crippen molar-refractivity contribution in [2.75, 3.05) is 13.2 Å². The zero-order chi connectivity index (χ0) is 12.3. The maximum absolute atomic E-state index is 11.2. The lowest BCUT2D eigenvalue weighted by Crippen LogP contribution is -2.47. The van der Waals surface area contributed by atoms with E-state index in [1.807, 2.05) is 11.1 Å². The van der Waals surface area contributed by atoms with E-state index in [4.69, 9.17) is 5.73 Å². The molecule has 90 valence electrons. The fourth-order valence-corrected chi connectivity index (χ4v) is 2.45. The molecular formula is C13H12N4O. The molecule has 1 aliphatic carbocycles. The van der Waals surface area contributed by atoms with Gasteiger partial charge in [-0.15, -0.1) is 0 Å². The third kappa shape index (κ3) is 1.34. The van der Waals surface area contributed by atoms with Crippen LogP contribution in [0.5, 0.6) is 0 Å². The number of rotatable bonds is 1. The average molecular weight is 240 g/mol. The number of carbonyl (C=O) groups excluding carboxylic acids is 1. The smallest absolute Gasteiger partial charge is 0.250 e. The quantitative estimate of drug-likeness (QED) is 0.720. The molecule has 0 aromatic rings. The Morgan fingerprint density at radius 1 is 1.22 bits per heavy atom. The molecule has 0 saturated heterocycles. The molecule has 5 nitrogen and oxygen atoms in total. The van der Waals surface area contributed by atoms with E-state index in [0.29, 0.717) is 5.57 Å². The summed E-state index contributed by atoms with van der Waals surface area (Å²) in [4.78, 5) is 13.4. The minimum Gasteiger partial charge on any atom is -0.366 e. The molecule has 5 heteroatoms. The van der Waals surface area contributed by atoms with Crippen LogP contribution in [-0.2, 0) is 4.79 Å². The maximum atomic E-state index is 11.2. The summed E-state index contributed by atoms with van der Waals surface area (Å²) in [5.74, 6) is -0.396. The first-order chi connectivity index (χ1) is 8.70. The van der Waals surface area contributed by atoms with Gasteiger partial charge in [0.15, 0.2) is 0 Å². The molecule has 0 fully saturated rings. The Balaban J connectivity index is 1.75. The van der Waals surface area contributed by atoms with Gasteiger partial charge in [-0.3, -0.25) is 9.80 Å². The predicted molar refractivity (Wildman–Crippen MR) is 65.9 cm³/mol. The van der Waals surface area contributed by atoms with Crippen LogP contribution in [0.3, 0.4) is 0 Å². The van der Waals surface area contributed by atoms with Gasteiger partial charge in [-0.05, 0) is 29.4 Å². The summed E-state index contributed by atoms with van der Waals surface area (Å²) in [7, 11) is 0. The lowest BCUT2D eigenvalue weighted by atomic mass is 10.1. The Morgan fingerprint density at radius 2 is 2.11 bits per heavy atom. The van der Waals surface area contributed by atoms with Gasteiger partial charge in [0, 0.05) is 25.1 Å². The second-order valence-electron chi connectivity index (χ2n) is 4.75. The zero-order valence-corrected chi connectivity index (χ0v) is 9.71. The third-order valence-electron chi connectivity index (χ3n) is 3.45. The zero-order valence-electron chi connectivity index (χ0n) is 9.71. The first-order valence-corrected chi connectivity index (χ1v) is 5.85. The lowest BCUT2D eigenvalue weighted by molar-refractivity contribution is -0.114. The molecule has 1 amide bonds. The normalized spacial score (nSPS) is 27.2. The second-order valence-corrected chi connectivity index (χ2v) is 4.75. The summed E-state index contributed by atoms with van der Waals surface area (Å²) < 4.78 is 0. The van der Waals surface area contributed by atoms with Crippen molar-refractivity contribution in [2.45, 2.75) is 0 Å². The van der Waals surface area contributed by atoms with E-state index >= 15 is 0 Å². The highest BCUT2D eigenvalue weighted by atomic mass is 16.1. The maximum Gasteiger partial charge on any atom is 0.250 e. The molecule has 0 radical (unpaired) electrons. The molecule has 18 heavy (non-hydrogen) atoms. The number of allylic oxidation sites excluding steroid dienone is 2. The monoisotopic (exact) mass is 240 g/mol. The van der Waals surface area contributed by atoms with E-state index in [-0.39, 0.29) is 0 Å². The highest BCUT2D eigenvalue weighted by Gasteiger charge is 2.32. The Labute approximate surface area is 104 Å². The van der Waals surface area contributed by atoms with Crippen molar-refractivity contribution in [3.63, 3.8) is 0 Å².